The Bertz CT molecular complexity index is 1190. The third-order valence-corrected chi connectivity index (χ3v) is 4.72. The number of nitrogens with zero attached hydrogens (tertiary/aromatic N) is 4. The molecule has 2 aromatic carbocycles. The molecule has 0 fully saturated rings. The quantitative estimate of drug-likeness (QED) is 0.431. The number of anilines is 1. The topological polar surface area (TPSA) is 91.2 Å². The minimum Gasteiger partial charge on any atom is -0.478 e. The number of imidazole rings is 1. The van der Waals surface area contributed by atoms with Crippen LogP contribution in [0.4, 0.5) is 5.69 Å². The van der Waals surface area contributed by atoms with E-state index in [1.54, 1.807) is 91.7 Å². The molecule has 0 radical (unpaired) electrons. The highest BCUT2D eigenvalue weighted by molar-refractivity contribution is 6.30. The van der Waals surface area contributed by atoms with Gasteiger partial charge in [0.15, 0.2) is 5.60 Å². The van der Waals surface area contributed by atoms with Crippen LogP contribution in [0, 0.1) is 0 Å². The lowest BCUT2D eigenvalue weighted by molar-refractivity contribution is -0.128. The minimum atomic E-state index is -1.09. The number of ether oxygens (including phenoxy) is 2. The molecule has 4 aromatic rings. The van der Waals surface area contributed by atoms with Crippen LogP contribution in [0.3, 0.4) is 0 Å². The number of amides is 1. The van der Waals surface area contributed by atoms with Gasteiger partial charge in [0.05, 0.1) is 0 Å². The molecule has 162 valence electrons. The molecule has 4 rings (SSSR count). The number of benzene rings is 2. The van der Waals surface area contributed by atoms with Crippen LogP contribution in [-0.2, 0) is 4.79 Å². The maximum atomic E-state index is 12.7. The van der Waals surface area contributed by atoms with Crippen molar-refractivity contribution in [2.75, 3.05) is 5.32 Å². The summed E-state index contributed by atoms with van der Waals surface area (Å²) in [6.45, 7) is 3.39. The molecule has 0 spiro atoms. The minimum absolute atomic E-state index is 0.290. The number of nitrogens with one attached hydrogen (secondary N) is 1. The second kappa shape index (κ2) is 9.07. The standard InChI is InChI=1S/C23H20ClN5O3/c1-23(2,32-19-7-3-16(24)4-8-19)22(30)28-17-5-9-18(10-6-17)31-21-13-20(26-14-27-21)29-12-11-25-15-29/h3-15H,1-2H3,(H,28,30). The molecule has 0 unspecified atom stereocenters. The average molecular weight is 450 g/mol. The molecule has 1 N–H and O–H groups in total. The van der Waals surface area contributed by atoms with Crippen LogP contribution >= 0.6 is 11.6 Å². The van der Waals surface area contributed by atoms with Crippen molar-refractivity contribution in [3.8, 4) is 23.2 Å². The number of aromatic nitrogens is 4. The van der Waals surface area contributed by atoms with Gasteiger partial charge < -0.3 is 14.8 Å². The first-order chi connectivity index (χ1) is 15.4. The summed E-state index contributed by atoms with van der Waals surface area (Å²) in [7, 11) is 0. The fraction of sp³-hybridized carbons (Fsp3) is 0.130. The summed E-state index contributed by atoms with van der Waals surface area (Å²) in [5.41, 5.74) is -0.481. The lowest BCUT2D eigenvalue weighted by Gasteiger charge is -2.25. The van der Waals surface area contributed by atoms with Gasteiger partial charge in [-0.3, -0.25) is 9.36 Å². The van der Waals surface area contributed by atoms with Crippen LogP contribution in [0.15, 0.2) is 79.6 Å². The second-order valence-electron chi connectivity index (χ2n) is 7.33. The van der Waals surface area contributed by atoms with E-state index in [9.17, 15) is 4.79 Å². The van der Waals surface area contributed by atoms with Crippen molar-refractivity contribution in [3.05, 3.63) is 84.7 Å². The molecule has 0 saturated heterocycles. The van der Waals surface area contributed by atoms with E-state index >= 15 is 0 Å². The van der Waals surface area contributed by atoms with E-state index in [1.165, 1.54) is 6.33 Å². The van der Waals surface area contributed by atoms with E-state index in [0.717, 1.165) is 0 Å². The number of hydrogen-bond acceptors (Lipinski definition) is 6. The lowest BCUT2D eigenvalue weighted by atomic mass is 10.1. The molecule has 9 heteroatoms. The van der Waals surface area contributed by atoms with Crippen molar-refractivity contribution in [2.24, 2.45) is 0 Å². The van der Waals surface area contributed by atoms with Gasteiger partial charge in [-0.1, -0.05) is 11.6 Å². The Morgan fingerprint density at radius 3 is 2.44 bits per heavy atom. The molecular weight excluding hydrogens is 430 g/mol. The highest BCUT2D eigenvalue weighted by atomic mass is 35.5. The van der Waals surface area contributed by atoms with Crippen molar-refractivity contribution in [2.45, 2.75) is 19.4 Å². The molecule has 2 aromatic heterocycles. The Labute approximate surface area is 189 Å². The molecule has 0 bridgehead atoms. The van der Waals surface area contributed by atoms with Gasteiger partial charge in [-0.25, -0.2) is 15.0 Å². The van der Waals surface area contributed by atoms with Crippen LogP contribution in [0.2, 0.25) is 5.02 Å². The van der Waals surface area contributed by atoms with Gasteiger partial charge in [-0.15, -0.1) is 0 Å². The summed E-state index contributed by atoms with van der Waals surface area (Å²) in [6.07, 6.45) is 6.50. The number of rotatable bonds is 7. The zero-order valence-corrected chi connectivity index (χ0v) is 18.2. The molecule has 8 nitrogen and oxygen atoms in total. The first-order valence-corrected chi connectivity index (χ1v) is 10.1. The maximum Gasteiger partial charge on any atom is 0.267 e. The third kappa shape index (κ3) is 5.22. The van der Waals surface area contributed by atoms with Gasteiger partial charge in [0, 0.05) is 29.2 Å². The lowest BCUT2D eigenvalue weighted by Crippen LogP contribution is -2.42. The molecular formula is C23H20ClN5O3. The number of carbonyl (C=O) groups excluding carboxylic acids is 1. The van der Waals surface area contributed by atoms with E-state index in [2.05, 4.69) is 20.3 Å². The largest absolute Gasteiger partial charge is 0.478 e. The molecule has 32 heavy (non-hydrogen) atoms. The number of halogens is 1. The maximum absolute atomic E-state index is 12.7. The van der Waals surface area contributed by atoms with Gasteiger partial charge in [0.25, 0.3) is 5.91 Å². The summed E-state index contributed by atoms with van der Waals surface area (Å²) in [5.74, 6) is 1.85. The van der Waals surface area contributed by atoms with Crippen LogP contribution in [-0.4, -0.2) is 31.0 Å². The van der Waals surface area contributed by atoms with Crippen molar-refractivity contribution < 1.29 is 14.3 Å². The average Bonchev–Trinajstić information content (AvgIpc) is 3.32. The van der Waals surface area contributed by atoms with Crippen LogP contribution in [0.25, 0.3) is 5.82 Å². The summed E-state index contributed by atoms with van der Waals surface area (Å²) in [6, 6.07) is 15.5. The Balaban J connectivity index is 1.39. The predicted octanol–water partition coefficient (Wildman–Crippen LogP) is 4.90. The van der Waals surface area contributed by atoms with E-state index in [0.29, 0.717) is 33.9 Å². The molecule has 0 aliphatic carbocycles. The van der Waals surface area contributed by atoms with E-state index in [1.807, 2.05) is 0 Å². The SMILES string of the molecule is CC(C)(Oc1ccc(Cl)cc1)C(=O)Nc1ccc(Oc2cc(-n3ccnc3)ncn2)cc1. The van der Waals surface area contributed by atoms with Gasteiger partial charge >= 0.3 is 0 Å². The Morgan fingerprint density at radius 1 is 1.03 bits per heavy atom. The molecule has 2 heterocycles. The fourth-order valence-electron chi connectivity index (χ4n) is 2.77. The summed E-state index contributed by atoms with van der Waals surface area (Å²) in [4.78, 5) is 25.0. The van der Waals surface area contributed by atoms with Crippen LogP contribution in [0.1, 0.15) is 13.8 Å². The normalized spacial score (nSPS) is 11.1. The van der Waals surface area contributed by atoms with E-state index in [4.69, 9.17) is 21.1 Å². The summed E-state index contributed by atoms with van der Waals surface area (Å²) < 4.78 is 13.4. The molecule has 0 atom stereocenters. The predicted molar refractivity (Wildman–Crippen MR) is 120 cm³/mol. The first kappa shape index (κ1) is 21.3. The Morgan fingerprint density at radius 2 is 1.75 bits per heavy atom. The Kier molecular flexibility index (Phi) is 6.04. The molecule has 0 aliphatic rings. The highest BCUT2D eigenvalue weighted by Crippen LogP contribution is 2.25. The zero-order chi connectivity index (χ0) is 22.6. The second-order valence-corrected chi connectivity index (χ2v) is 7.77. The van der Waals surface area contributed by atoms with Gasteiger partial charge in [0.2, 0.25) is 5.88 Å². The van der Waals surface area contributed by atoms with E-state index < -0.39 is 5.60 Å². The molecule has 0 saturated carbocycles. The van der Waals surface area contributed by atoms with Gasteiger partial charge in [-0.05, 0) is 62.4 Å². The summed E-state index contributed by atoms with van der Waals surface area (Å²) in [5, 5.41) is 3.45. The smallest absolute Gasteiger partial charge is 0.267 e. The number of carbonyl (C=O) groups is 1. The molecule has 0 aliphatic heterocycles. The van der Waals surface area contributed by atoms with E-state index in [-0.39, 0.29) is 5.91 Å². The Hall–Kier alpha value is -3.91. The number of hydrogen-bond donors (Lipinski definition) is 1. The highest BCUT2D eigenvalue weighted by Gasteiger charge is 2.30. The van der Waals surface area contributed by atoms with Crippen molar-refractivity contribution in [1.82, 2.24) is 19.5 Å². The zero-order valence-electron chi connectivity index (χ0n) is 17.4. The fourth-order valence-corrected chi connectivity index (χ4v) is 2.90. The van der Waals surface area contributed by atoms with Gasteiger partial charge in [0.1, 0.15) is 30.0 Å². The summed E-state index contributed by atoms with van der Waals surface area (Å²) >= 11 is 5.89. The third-order valence-electron chi connectivity index (χ3n) is 4.46. The molecule has 1 amide bonds. The monoisotopic (exact) mass is 449 g/mol. The van der Waals surface area contributed by atoms with Gasteiger partial charge in [-0.2, -0.15) is 0 Å². The van der Waals surface area contributed by atoms with Crippen LogP contribution in [0.5, 0.6) is 17.4 Å². The first-order valence-electron chi connectivity index (χ1n) is 9.73. The van der Waals surface area contributed by atoms with Crippen molar-refractivity contribution >= 4 is 23.2 Å². The van der Waals surface area contributed by atoms with Crippen molar-refractivity contribution in [1.29, 1.82) is 0 Å². The van der Waals surface area contributed by atoms with Crippen molar-refractivity contribution in [3.63, 3.8) is 0 Å². The van der Waals surface area contributed by atoms with Crippen LogP contribution < -0.4 is 14.8 Å².